The molecule has 0 fully saturated rings. The Morgan fingerprint density at radius 2 is 2.07 bits per heavy atom. The van der Waals surface area contributed by atoms with Crippen molar-refractivity contribution in [2.24, 2.45) is 5.92 Å². The molecule has 0 aliphatic carbocycles. The first-order valence-electron chi connectivity index (χ1n) is 6.08. The van der Waals surface area contributed by atoms with Crippen molar-refractivity contribution >= 4 is 0 Å². The molecule has 1 atom stereocenters. The van der Waals surface area contributed by atoms with E-state index in [9.17, 15) is 0 Å². The molecule has 1 N–H and O–H groups in total. The van der Waals surface area contributed by atoms with Crippen LogP contribution in [0.25, 0.3) is 0 Å². The summed E-state index contributed by atoms with van der Waals surface area (Å²) in [4.78, 5) is 0. The Morgan fingerprint density at radius 1 is 1.33 bits per heavy atom. The van der Waals surface area contributed by atoms with Gasteiger partial charge >= 0.3 is 0 Å². The van der Waals surface area contributed by atoms with Gasteiger partial charge in [-0.3, -0.25) is 0 Å². The summed E-state index contributed by atoms with van der Waals surface area (Å²) in [6.45, 7) is 8.52. The van der Waals surface area contributed by atoms with Crippen LogP contribution in [0.15, 0.2) is 24.3 Å². The second-order valence-electron chi connectivity index (χ2n) is 4.43. The molecule has 0 rings (SSSR count). The van der Waals surface area contributed by atoms with E-state index in [0.717, 1.165) is 31.6 Å². The highest BCUT2D eigenvalue weighted by Gasteiger charge is 2.00. The molecule has 0 aliphatic heterocycles. The quantitative estimate of drug-likeness (QED) is 0.568. The Morgan fingerprint density at radius 3 is 2.67 bits per heavy atom. The van der Waals surface area contributed by atoms with Crippen LogP contribution >= 0.6 is 0 Å². The first-order chi connectivity index (χ1) is 7.20. The molecule has 15 heavy (non-hydrogen) atoms. The summed E-state index contributed by atoms with van der Waals surface area (Å²) in [6.07, 6.45) is 11.1. The predicted octanol–water partition coefficient (Wildman–Crippen LogP) is 4.09. The number of hydrogen-bond donors (Lipinski definition) is 1. The van der Waals surface area contributed by atoms with E-state index in [0.29, 0.717) is 6.61 Å². The summed E-state index contributed by atoms with van der Waals surface area (Å²) in [6, 6.07) is 0. The van der Waals surface area contributed by atoms with Crippen LogP contribution in [0.4, 0.5) is 0 Å². The van der Waals surface area contributed by atoms with Gasteiger partial charge in [0.2, 0.25) is 0 Å². The fourth-order valence-electron chi connectivity index (χ4n) is 1.63. The Balaban J connectivity index is 3.52. The molecular weight excluding hydrogens is 184 g/mol. The van der Waals surface area contributed by atoms with E-state index in [1.165, 1.54) is 18.4 Å². The van der Waals surface area contributed by atoms with Gasteiger partial charge < -0.3 is 5.11 Å². The van der Waals surface area contributed by atoms with E-state index in [4.69, 9.17) is 5.11 Å². The minimum Gasteiger partial charge on any atom is -0.396 e. The number of aliphatic hydroxyl groups is 1. The fraction of sp³-hybridized carbons (Fsp3) is 0.714. The maximum atomic E-state index is 8.70. The molecule has 1 nitrogen and oxygen atoms in total. The van der Waals surface area contributed by atoms with Crippen molar-refractivity contribution in [2.75, 3.05) is 6.61 Å². The summed E-state index contributed by atoms with van der Waals surface area (Å²) in [5, 5.41) is 8.70. The molecule has 0 radical (unpaired) electrons. The second kappa shape index (κ2) is 9.97. The molecule has 0 bridgehead atoms. The minimum atomic E-state index is 0.332. The zero-order valence-corrected chi connectivity index (χ0v) is 10.3. The van der Waals surface area contributed by atoms with Crippen LogP contribution in [0.5, 0.6) is 0 Å². The summed E-state index contributed by atoms with van der Waals surface area (Å²) in [7, 11) is 0. The van der Waals surface area contributed by atoms with Gasteiger partial charge in [0.05, 0.1) is 0 Å². The molecule has 0 spiro atoms. The van der Waals surface area contributed by atoms with Crippen molar-refractivity contribution in [1.82, 2.24) is 0 Å². The molecule has 0 saturated carbocycles. The first-order valence-corrected chi connectivity index (χ1v) is 6.08. The zero-order chi connectivity index (χ0) is 11.5. The number of aliphatic hydroxyl groups excluding tert-OH is 1. The lowest BCUT2D eigenvalue weighted by atomic mass is 9.99. The van der Waals surface area contributed by atoms with Gasteiger partial charge in [0, 0.05) is 6.61 Å². The van der Waals surface area contributed by atoms with Crippen LogP contribution in [0.3, 0.4) is 0 Å². The van der Waals surface area contributed by atoms with E-state index in [1.807, 2.05) is 6.08 Å². The molecule has 0 aromatic carbocycles. The van der Waals surface area contributed by atoms with Gasteiger partial charge in [-0.05, 0) is 51.4 Å². The van der Waals surface area contributed by atoms with Crippen molar-refractivity contribution < 1.29 is 5.11 Å². The van der Waals surface area contributed by atoms with Gasteiger partial charge in [-0.2, -0.15) is 0 Å². The molecule has 0 aliphatic rings. The predicted molar refractivity (Wildman–Crippen MR) is 67.9 cm³/mol. The Bertz CT molecular complexity index is 182. The van der Waals surface area contributed by atoms with Gasteiger partial charge in [-0.15, -0.1) is 6.58 Å². The van der Waals surface area contributed by atoms with Crippen LogP contribution < -0.4 is 0 Å². The highest BCUT2D eigenvalue weighted by molar-refractivity contribution is 4.99. The molecule has 0 heterocycles. The standard InChI is InChI=1S/C14H26O/c1-4-5-8-13(2)9-6-10-14(3)11-7-12-15/h4,9,14-15H,1,5-8,10-12H2,2-3H3/b13-9+. The van der Waals surface area contributed by atoms with E-state index >= 15 is 0 Å². The molecule has 0 amide bonds. The van der Waals surface area contributed by atoms with Gasteiger partial charge in [0.15, 0.2) is 0 Å². The van der Waals surface area contributed by atoms with Crippen molar-refractivity contribution in [3.05, 3.63) is 24.3 Å². The number of hydrogen-bond acceptors (Lipinski definition) is 1. The van der Waals surface area contributed by atoms with Crippen LogP contribution in [-0.4, -0.2) is 11.7 Å². The van der Waals surface area contributed by atoms with Crippen molar-refractivity contribution in [1.29, 1.82) is 0 Å². The average molecular weight is 210 g/mol. The summed E-state index contributed by atoms with van der Waals surface area (Å²) in [5.74, 6) is 0.737. The zero-order valence-electron chi connectivity index (χ0n) is 10.3. The lowest BCUT2D eigenvalue weighted by Gasteiger charge is -2.08. The van der Waals surface area contributed by atoms with Gasteiger partial charge in [-0.25, -0.2) is 0 Å². The van der Waals surface area contributed by atoms with Gasteiger partial charge in [-0.1, -0.05) is 24.6 Å². The van der Waals surface area contributed by atoms with E-state index < -0.39 is 0 Å². The Labute approximate surface area is 94.9 Å². The largest absolute Gasteiger partial charge is 0.396 e. The highest BCUT2D eigenvalue weighted by atomic mass is 16.2. The lowest BCUT2D eigenvalue weighted by molar-refractivity contribution is 0.272. The minimum absolute atomic E-state index is 0.332. The van der Waals surface area contributed by atoms with Gasteiger partial charge in [0.25, 0.3) is 0 Å². The van der Waals surface area contributed by atoms with Crippen LogP contribution in [-0.2, 0) is 0 Å². The molecule has 0 saturated heterocycles. The monoisotopic (exact) mass is 210 g/mol. The molecule has 88 valence electrons. The van der Waals surface area contributed by atoms with Crippen molar-refractivity contribution in [2.45, 2.75) is 52.4 Å². The molecule has 0 aromatic heterocycles. The number of rotatable bonds is 9. The summed E-state index contributed by atoms with van der Waals surface area (Å²) < 4.78 is 0. The van der Waals surface area contributed by atoms with Gasteiger partial charge in [0.1, 0.15) is 0 Å². The van der Waals surface area contributed by atoms with Crippen LogP contribution in [0.2, 0.25) is 0 Å². The topological polar surface area (TPSA) is 20.2 Å². The van der Waals surface area contributed by atoms with E-state index in [2.05, 4.69) is 26.5 Å². The highest BCUT2D eigenvalue weighted by Crippen LogP contribution is 2.14. The third-order valence-corrected chi connectivity index (χ3v) is 2.75. The van der Waals surface area contributed by atoms with Crippen molar-refractivity contribution in [3.8, 4) is 0 Å². The number of allylic oxidation sites excluding steroid dienone is 3. The third-order valence-electron chi connectivity index (χ3n) is 2.75. The smallest absolute Gasteiger partial charge is 0.0431 e. The van der Waals surface area contributed by atoms with E-state index in [-0.39, 0.29) is 0 Å². The summed E-state index contributed by atoms with van der Waals surface area (Å²) in [5.41, 5.74) is 1.48. The molecule has 1 unspecified atom stereocenters. The average Bonchev–Trinajstić information content (AvgIpc) is 2.23. The molecule has 0 aromatic rings. The third kappa shape index (κ3) is 9.74. The fourth-order valence-corrected chi connectivity index (χ4v) is 1.63. The van der Waals surface area contributed by atoms with E-state index in [1.54, 1.807) is 0 Å². The maximum Gasteiger partial charge on any atom is 0.0431 e. The van der Waals surface area contributed by atoms with Crippen LogP contribution in [0.1, 0.15) is 52.4 Å². The van der Waals surface area contributed by atoms with Crippen molar-refractivity contribution in [3.63, 3.8) is 0 Å². The van der Waals surface area contributed by atoms with Crippen LogP contribution in [0, 0.1) is 5.92 Å². The Kier molecular flexibility index (Phi) is 9.60. The SMILES string of the molecule is C=CCC/C(C)=C/CCC(C)CCCO. The normalized spacial score (nSPS) is 13.9. The molecular formula is C14H26O. The lowest BCUT2D eigenvalue weighted by Crippen LogP contribution is -1.96. The second-order valence-corrected chi connectivity index (χ2v) is 4.43. The molecule has 1 heteroatoms. The first kappa shape index (κ1) is 14.4. The summed E-state index contributed by atoms with van der Waals surface area (Å²) >= 11 is 0. The maximum absolute atomic E-state index is 8.70. The Hall–Kier alpha value is -0.560.